The highest BCUT2D eigenvalue weighted by molar-refractivity contribution is 5.95. The van der Waals surface area contributed by atoms with Gasteiger partial charge in [0.05, 0.1) is 0 Å². The predicted molar refractivity (Wildman–Crippen MR) is 93.6 cm³/mol. The Morgan fingerprint density at radius 3 is 2.20 bits per heavy atom. The van der Waals surface area contributed by atoms with Crippen LogP contribution in [0.3, 0.4) is 0 Å². The number of carbonyl (C=O) groups is 2. The summed E-state index contributed by atoms with van der Waals surface area (Å²) in [4.78, 5) is 28.8. The van der Waals surface area contributed by atoms with Gasteiger partial charge < -0.3 is 14.3 Å². The average Bonchev–Trinajstić information content (AvgIpc) is 2.89. The number of carbonyl (C=O) groups excluding carboxylic acids is 2. The molecule has 0 bridgehead atoms. The van der Waals surface area contributed by atoms with Gasteiger partial charge in [0.1, 0.15) is 5.76 Å². The number of hydrogen-bond donors (Lipinski definition) is 0. The molecule has 1 saturated heterocycles. The zero-order valence-corrected chi connectivity index (χ0v) is 14.9. The van der Waals surface area contributed by atoms with Crippen molar-refractivity contribution in [3.63, 3.8) is 0 Å². The van der Waals surface area contributed by atoms with E-state index in [0.717, 1.165) is 12.0 Å². The van der Waals surface area contributed by atoms with E-state index < -0.39 is 0 Å². The van der Waals surface area contributed by atoms with Crippen LogP contribution in [-0.4, -0.2) is 52.9 Å². The smallest absolute Gasteiger partial charge is 0.276 e. The first-order valence-electron chi connectivity index (χ1n) is 8.55. The lowest BCUT2D eigenvalue weighted by molar-refractivity contribution is 0.0713. The Balaban J connectivity index is 1.67. The fourth-order valence-electron chi connectivity index (χ4n) is 3.01. The van der Waals surface area contributed by atoms with Gasteiger partial charge >= 0.3 is 0 Å². The van der Waals surface area contributed by atoms with Crippen molar-refractivity contribution in [2.45, 2.75) is 27.2 Å². The zero-order valence-electron chi connectivity index (χ0n) is 14.9. The Morgan fingerprint density at radius 1 is 0.920 bits per heavy atom. The molecule has 2 amide bonds. The van der Waals surface area contributed by atoms with Crippen LogP contribution in [0.2, 0.25) is 0 Å². The first-order valence-corrected chi connectivity index (χ1v) is 8.55. The Morgan fingerprint density at radius 2 is 1.60 bits per heavy atom. The molecule has 0 N–H and O–H groups in total. The number of aryl methyl sites for hydroxylation is 3. The van der Waals surface area contributed by atoms with Crippen LogP contribution in [0, 0.1) is 20.8 Å². The molecule has 0 saturated carbocycles. The zero-order chi connectivity index (χ0) is 18.0. The van der Waals surface area contributed by atoms with Gasteiger partial charge in [0.25, 0.3) is 11.8 Å². The average molecular weight is 341 g/mol. The lowest BCUT2D eigenvalue weighted by Crippen LogP contribution is -2.37. The molecule has 2 heterocycles. The molecule has 1 aliphatic heterocycles. The Labute approximate surface area is 147 Å². The highest BCUT2D eigenvalue weighted by atomic mass is 16.5. The van der Waals surface area contributed by atoms with Gasteiger partial charge in [-0.15, -0.1) is 0 Å². The van der Waals surface area contributed by atoms with Crippen molar-refractivity contribution in [3.8, 4) is 0 Å². The van der Waals surface area contributed by atoms with Gasteiger partial charge in [-0.05, 0) is 50.5 Å². The summed E-state index contributed by atoms with van der Waals surface area (Å²) in [5, 5.41) is 3.79. The molecular weight excluding hydrogens is 318 g/mol. The molecule has 0 radical (unpaired) electrons. The van der Waals surface area contributed by atoms with Crippen molar-refractivity contribution in [1.82, 2.24) is 15.0 Å². The molecule has 25 heavy (non-hydrogen) atoms. The van der Waals surface area contributed by atoms with Gasteiger partial charge in [0.15, 0.2) is 5.69 Å². The molecule has 1 aliphatic rings. The highest BCUT2D eigenvalue weighted by Crippen LogP contribution is 2.15. The standard InChI is InChI=1S/C19H23N3O3/c1-13-5-6-16(11-14(13)2)18(23)21-7-4-8-22(10-9-21)19(24)17-12-15(3)25-20-17/h5-6,11-12H,4,7-10H2,1-3H3. The monoisotopic (exact) mass is 341 g/mol. The van der Waals surface area contributed by atoms with Crippen LogP contribution in [0.25, 0.3) is 0 Å². The van der Waals surface area contributed by atoms with Gasteiger partial charge in [-0.1, -0.05) is 11.2 Å². The van der Waals surface area contributed by atoms with Gasteiger partial charge in [-0.2, -0.15) is 0 Å². The lowest BCUT2D eigenvalue weighted by Gasteiger charge is -2.22. The van der Waals surface area contributed by atoms with E-state index in [-0.39, 0.29) is 11.8 Å². The SMILES string of the molecule is Cc1cc(C(=O)N2CCCN(C(=O)c3ccc(C)c(C)c3)CC2)no1. The van der Waals surface area contributed by atoms with E-state index in [9.17, 15) is 9.59 Å². The summed E-state index contributed by atoms with van der Waals surface area (Å²) in [7, 11) is 0. The number of hydrogen-bond acceptors (Lipinski definition) is 4. The van der Waals surface area contributed by atoms with Crippen molar-refractivity contribution in [2.75, 3.05) is 26.2 Å². The molecule has 0 aliphatic carbocycles. The molecule has 3 rings (SSSR count). The number of benzene rings is 1. The first-order chi connectivity index (χ1) is 12.0. The molecule has 6 nitrogen and oxygen atoms in total. The molecule has 0 spiro atoms. The Hall–Kier alpha value is -2.63. The minimum absolute atomic E-state index is 0.0229. The third-order valence-electron chi connectivity index (χ3n) is 4.67. The lowest BCUT2D eigenvalue weighted by atomic mass is 10.1. The van der Waals surface area contributed by atoms with Gasteiger partial charge in [-0.3, -0.25) is 9.59 Å². The molecule has 2 aromatic rings. The summed E-state index contributed by atoms with van der Waals surface area (Å²) in [5.41, 5.74) is 3.31. The van der Waals surface area contributed by atoms with E-state index in [1.165, 1.54) is 5.56 Å². The number of rotatable bonds is 2. The van der Waals surface area contributed by atoms with Crippen LogP contribution in [-0.2, 0) is 0 Å². The highest BCUT2D eigenvalue weighted by Gasteiger charge is 2.25. The van der Waals surface area contributed by atoms with E-state index in [2.05, 4.69) is 5.16 Å². The minimum Gasteiger partial charge on any atom is -0.361 e. The summed E-state index contributed by atoms with van der Waals surface area (Å²) in [6, 6.07) is 7.43. The third kappa shape index (κ3) is 3.73. The number of amides is 2. The summed E-state index contributed by atoms with van der Waals surface area (Å²) in [5.74, 6) is 0.497. The molecule has 0 atom stereocenters. The van der Waals surface area contributed by atoms with E-state index >= 15 is 0 Å². The molecule has 0 unspecified atom stereocenters. The van der Waals surface area contributed by atoms with Gasteiger partial charge in [-0.25, -0.2) is 0 Å². The second kappa shape index (κ2) is 7.09. The van der Waals surface area contributed by atoms with E-state index in [4.69, 9.17) is 4.52 Å². The summed E-state index contributed by atoms with van der Waals surface area (Å²) in [6.07, 6.45) is 0.749. The normalized spacial score (nSPS) is 15.2. The van der Waals surface area contributed by atoms with Crippen LogP contribution in [0.4, 0.5) is 0 Å². The molecule has 1 aromatic heterocycles. The van der Waals surface area contributed by atoms with Crippen LogP contribution in [0.5, 0.6) is 0 Å². The first kappa shape index (κ1) is 17.2. The summed E-state index contributed by atoms with van der Waals surface area (Å²) in [6.45, 7) is 8.08. The van der Waals surface area contributed by atoms with Crippen molar-refractivity contribution >= 4 is 11.8 Å². The molecule has 132 valence electrons. The number of nitrogens with zero attached hydrogens (tertiary/aromatic N) is 3. The van der Waals surface area contributed by atoms with Crippen molar-refractivity contribution in [3.05, 3.63) is 52.4 Å². The second-order valence-corrected chi connectivity index (χ2v) is 6.56. The molecule has 6 heteroatoms. The van der Waals surface area contributed by atoms with Crippen molar-refractivity contribution < 1.29 is 14.1 Å². The maximum atomic E-state index is 12.8. The maximum absolute atomic E-state index is 12.8. The van der Waals surface area contributed by atoms with E-state index in [1.807, 2.05) is 36.9 Å². The third-order valence-corrected chi connectivity index (χ3v) is 4.67. The summed E-state index contributed by atoms with van der Waals surface area (Å²) >= 11 is 0. The topological polar surface area (TPSA) is 66.7 Å². The molecule has 1 fully saturated rings. The minimum atomic E-state index is -0.141. The fourth-order valence-corrected chi connectivity index (χ4v) is 3.01. The van der Waals surface area contributed by atoms with Crippen molar-refractivity contribution in [1.29, 1.82) is 0 Å². The van der Waals surface area contributed by atoms with E-state index in [0.29, 0.717) is 43.2 Å². The molecule has 1 aromatic carbocycles. The maximum Gasteiger partial charge on any atom is 0.276 e. The van der Waals surface area contributed by atoms with Crippen LogP contribution in [0.1, 0.15) is 44.2 Å². The van der Waals surface area contributed by atoms with Crippen LogP contribution >= 0.6 is 0 Å². The van der Waals surface area contributed by atoms with Gasteiger partial charge in [0, 0.05) is 37.8 Å². The Bertz CT molecular complexity index is 797. The Kier molecular flexibility index (Phi) is 4.88. The summed E-state index contributed by atoms with van der Waals surface area (Å²) < 4.78 is 4.98. The number of aromatic nitrogens is 1. The fraction of sp³-hybridized carbons (Fsp3) is 0.421. The van der Waals surface area contributed by atoms with Crippen molar-refractivity contribution in [2.24, 2.45) is 0 Å². The van der Waals surface area contributed by atoms with Crippen LogP contribution in [0.15, 0.2) is 28.8 Å². The van der Waals surface area contributed by atoms with E-state index in [1.54, 1.807) is 17.9 Å². The van der Waals surface area contributed by atoms with Gasteiger partial charge in [0.2, 0.25) is 0 Å². The van der Waals surface area contributed by atoms with Crippen LogP contribution < -0.4 is 0 Å². The predicted octanol–water partition coefficient (Wildman–Crippen LogP) is 2.59. The quantitative estimate of drug-likeness (QED) is 0.842. The second-order valence-electron chi connectivity index (χ2n) is 6.56. The largest absolute Gasteiger partial charge is 0.361 e. The molecular formula is C19H23N3O3.